The lowest BCUT2D eigenvalue weighted by Crippen LogP contribution is -2.22. The molecule has 0 unspecified atom stereocenters. The predicted molar refractivity (Wildman–Crippen MR) is 68.5 cm³/mol. The summed E-state index contributed by atoms with van der Waals surface area (Å²) in [6.45, 7) is 1.53. The van der Waals surface area contributed by atoms with Crippen molar-refractivity contribution >= 4 is 15.7 Å². The molecule has 0 spiro atoms. The maximum atomic E-state index is 10.8. The monoisotopic (exact) mass is 272 g/mol. The first-order valence-corrected chi connectivity index (χ1v) is 7.40. The topological polar surface area (TPSA) is 90.7 Å². The van der Waals surface area contributed by atoms with Gasteiger partial charge in [-0.25, -0.2) is 13.6 Å². The number of nitrogens with two attached hydrogens (primary N) is 1. The molecular formula is C11H16N2O4S. The Bertz CT molecular complexity index is 516. The quantitative estimate of drug-likeness (QED) is 0.835. The molecule has 0 fully saturated rings. The summed E-state index contributed by atoms with van der Waals surface area (Å²) in [5.41, 5.74) is 0.780. The van der Waals surface area contributed by atoms with E-state index in [2.05, 4.69) is 5.32 Å². The predicted octanol–water partition coefficient (Wildman–Crippen LogP) is 0.548. The van der Waals surface area contributed by atoms with Crippen LogP contribution in [-0.4, -0.2) is 33.9 Å². The molecule has 2 rings (SSSR count). The Morgan fingerprint density at radius 3 is 2.67 bits per heavy atom. The lowest BCUT2D eigenvalue weighted by molar-refractivity contribution is 0.297. The van der Waals surface area contributed by atoms with Gasteiger partial charge < -0.3 is 14.8 Å². The molecule has 0 aromatic heterocycles. The van der Waals surface area contributed by atoms with Crippen LogP contribution in [0.2, 0.25) is 0 Å². The van der Waals surface area contributed by atoms with Crippen LogP contribution in [0.25, 0.3) is 0 Å². The minimum atomic E-state index is -3.44. The lowest BCUT2D eigenvalue weighted by atomic mass is 10.2. The highest BCUT2D eigenvalue weighted by atomic mass is 32.2. The van der Waals surface area contributed by atoms with Gasteiger partial charge in [0.2, 0.25) is 10.0 Å². The molecule has 3 N–H and O–H groups in total. The number of nitrogens with one attached hydrogen (secondary N) is 1. The highest BCUT2D eigenvalue weighted by molar-refractivity contribution is 7.89. The summed E-state index contributed by atoms with van der Waals surface area (Å²) in [7, 11) is -3.44. The van der Waals surface area contributed by atoms with Gasteiger partial charge in [-0.05, 0) is 12.1 Å². The Labute approximate surface area is 106 Å². The number of benzene rings is 1. The van der Waals surface area contributed by atoms with Crippen LogP contribution in [0.3, 0.4) is 0 Å². The first kappa shape index (κ1) is 13.0. The van der Waals surface area contributed by atoms with Crippen molar-refractivity contribution in [3.8, 4) is 11.5 Å². The average molecular weight is 272 g/mol. The number of primary sulfonamides is 1. The van der Waals surface area contributed by atoms with Crippen molar-refractivity contribution in [3.63, 3.8) is 0 Å². The molecule has 6 nitrogen and oxygen atoms in total. The number of hydrogen-bond acceptors (Lipinski definition) is 5. The van der Waals surface area contributed by atoms with Crippen LogP contribution in [-0.2, 0) is 10.0 Å². The van der Waals surface area contributed by atoms with Crippen molar-refractivity contribution < 1.29 is 17.9 Å². The maximum Gasteiger partial charge on any atom is 0.210 e. The zero-order chi connectivity index (χ0) is 13.0. The zero-order valence-corrected chi connectivity index (χ0v) is 10.7. The van der Waals surface area contributed by atoms with Crippen LogP contribution < -0.4 is 19.9 Å². The first-order valence-electron chi connectivity index (χ1n) is 5.68. The molecule has 1 aliphatic rings. The van der Waals surface area contributed by atoms with Gasteiger partial charge in [-0.2, -0.15) is 0 Å². The Morgan fingerprint density at radius 2 is 1.94 bits per heavy atom. The molecular weight excluding hydrogens is 256 g/mol. The van der Waals surface area contributed by atoms with E-state index in [1.807, 2.05) is 6.07 Å². The standard InChI is InChI=1S/C11H16N2O4S/c12-18(14,15)7-4-13-9-2-3-10-11(8-9)17-6-1-5-16-10/h2-3,8,13H,1,4-7H2,(H2,12,14,15). The second-order valence-electron chi connectivity index (χ2n) is 4.01. The highest BCUT2D eigenvalue weighted by Gasteiger charge is 2.10. The fraction of sp³-hybridized carbons (Fsp3) is 0.455. The van der Waals surface area contributed by atoms with Crippen molar-refractivity contribution in [2.45, 2.75) is 6.42 Å². The SMILES string of the molecule is NS(=O)(=O)CCNc1ccc2c(c1)OCCCO2. The van der Waals surface area contributed by atoms with Gasteiger partial charge >= 0.3 is 0 Å². The number of anilines is 1. The van der Waals surface area contributed by atoms with Crippen LogP contribution >= 0.6 is 0 Å². The summed E-state index contributed by atoms with van der Waals surface area (Å²) >= 11 is 0. The first-order chi connectivity index (χ1) is 8.54. The molecule has 0 saturated heterocycles. The number of ether oxygens (including phenoxy) is 2. The van der Waals surface area contributed by atoms with Crippen LogP contribution in [0.5, 0.6) is 11.5 Å². The number of hydrogen-bond donors (Lipinski definition) is 2. The molecule has 1 heterocycles. The van der Waals surface area contributed by atoms with E-state index in [0.29, 0.717) is 24.7 Å². The summed E-state index contributed by atoms with van der Waals surface area (Å²) in [4.78, 5) is 0. The van der Waals surface area contributed by atoms with Crippen LogP contribution in [0.15, 0.2) is 18.2 Å². The van der Waals surface area contributed by atoms with Gasteiger partial charge in [-0.1, -0.05) is 0 Å². The third-order valence-electron chi connectivity index (χ3n) is 2.46. The maximum absolute atomic E-state index is 10.8. The normalized spacial score (nSPS) is 14.9. The van der Waals surface area contributed by atoms with Crippen LogP contribution in [0, 0.1) is 0 Å². The highest BCUT2D eigenvalue weighted by Crippen LogP contribution is 2.32. The van der Waals surface area contributed by atoms with E-state index in [4.69, 9.17) is 14.6 Å². The van der Waals surface area contributed by atoms with Crippen molar-refractivity contribution in [2.24, 2.45) is 5.14 Å². The smallest absolute Gasteiger partial charge is 0.210 e. The van der Waals surface area contributed by atoms with E-state index in [-0.39, 0.29) is 12.3 Å². The van der Waals surface area contributed by atoms with Gasteiger partial charge in [0.1, 0.15) is 0 Å². The molecule has 7 heteroatoms. The van der Waals surface area contributed by atoms with E-state index < -0.39 is 10.0 Å². The molecule has 1 aromatic rings. The molecule has 100 valence electrons. The van der Waals surface area contributed by atoms with Crippen LogP contribution in [0.4, 0.5) is 5.69 Å². The van der Waals surface area contributed by atoms with Gasteiger partial charge in [0.25, 0.3) is 0 Å². The molecule has 1 aromatic carbocycles. The number of rotatable bonds is 4. The second kappa shape index (κ2) is 5.45. The van der Waals surface area contributed by atoms with Crippen molar-refractivity contribution in [2.75, 3.05) is 30.8 Å². The average Bonchev–Trinajstić information content (AvgIpc) is 2.51. The third-order valence-corrected chi connectivity index (χ3v) is 3.24. The third kappa shape index (κ3) is 3.78. The molecule has 0 aliphatic carbocycles. The van der Waals surface area contributed by atoms with Crippen LogP contribution in [0.1, 0.15) is 6.42 Å². The molecule has 0 amide bonds. The lowest BCUT2D eigenvalue weighted by Gasteiger charge is -2.10. The zero-order valence-electron chi connectivity index (χ0n) is 9.89. The van der Waals surface area contributed by atoms with E-state index in [1.165, 1.54) is 0 Å². The summed E-state index contributed by atoms with van der Waals surface area (Å²) in [6.07, 6.45) is 0.850. The Kier molecular flexibility index (Phi) is 3.93. The van der Waals surface area contributed by atoms with E-state index >= 15 is 0 Å². The Balaban J connectivity index is 2.00. The fourth-order valence-corrected chi connectivity index (χ4v) is 2.00. The summed E-state index contributed by atoms with van der Waals surface area (Å²) < 4.78 is 32.6. The Morgan fingerprint density at radius 1 is 1.22 bits per heavy atom. The van der Waals surface area contributed by atoms with Crippen molar-refractivity contribution in [3.05, 3.63) is 18.2 Å². The number of sulfonamides is 1. The summed E-state index contributed by atoms with van der Waals surface area (Å²) in [6, 6.07) is 5.42. The molecule has 0 atom stereocenters. The van der Waals surface area contributed by atoms with E-state index in [1.54, 1.807) is 12.1 Å². The molecule has 1 aliphatic heterocycles. The van der Waals surface area contributed by atoms with Crippen molar-refractivity contribution in [1.29, 1.82) is 0 Å². The van der Waals surface area contributed by atoms with Crippen molar-refractivity contribution in [1.82, 2.24) is 0 Å². The molecule has 0 bridgehead atoms. The van der Waals surface area contributed by atoms with Gasteiger partial charge in [0.05, 0.1) is 19.0 Å². The van der Waals surface area contributed by atoms with Gasteiger partial charge in [0, 0.05) is 24.7 Å². The summed E-state index contributed by atoms with van der Waals surface area (Å²) in [5, 5.41) is 7.90. The minimum absolute atomic E-state index is 0.110. The largest absolute Gasteiger partial charge is 0.490 e. The Hall–Kier alpha value is -1.47. The fourth-order valence-electron chi connectivity index (χ4n) is 1.61. The van der Waals surface area contributed by atoms with E-state index in [0.717, 1.165) is 12.1 Å². The summed E-state index contributed by atoms with van der Waals surface area (Å²) in [5.74, 6) is 1.28. The molecule has 0 saturated carbocycles. The molecule has 0 radical (unpaired) electrons. The van der Waals surface area contributed by atoms with Gasteiger partial charge in [0.15, 0.2) is 11.5 Å². The van der Waals surface area contributed by atoms with Gasteiger partial charge in [-0.15, -0.1) is 0 Å². The minimum Gasteiger partial charge on any atom is -0.490 e. The second-order valence-corrected chi connectivity index (χ2v) is 5.74. The van der Waals surface area contributed by atoms with E-state index in [9.17, 15) is 8.42 Å². The number of fused-ring (bicyclic) bond motifs is 1. The molecule has 18 heavy (non-hydrogen) atoms. The van der Waals surface area contributed by atoms with Gasteiger partial charge in [-0.3, -0.25) is 0 Å².